The zero-order chi connectivity index (χ0) is 11.6. The summed E-state index contributed by atoms with van der Waals surface area (Å²) in [6.07, 6.45) is 0.169. The minimum Gasteiger partial charge on any atom is -0.328 e. The molecule has 4 heteroatoms. The van der Waals surface area contributed by atoms with Gasteiger partial charge in [0.1, 0.15) is 5.82 Å². The van der Waals surface area contributed by atoms with E-state index in [4.69, 9.17) is 17.3 Å². The summed E-state index contributed by atoms with van der Waals surface area (Å²) in [5.41, 5.74) is 6.12. The lowest BCUT2D eigenvalue weighted by Crippen LogP contribution is -2.20. The molecule has 0 fully saturated rings. The van der Waals surface area contributed by atoms with Crippen LogP contribution < -0.4 is 5.73 Å². The minimum absolute atomic E-state index is 0.169. The van der Waals surface area contributed by atoms with Gasteiger partial charge >= 0.3 is 0 Å². The summed E-state index contributed by atoms with van der Waals surface area (Å²) in [6.45, 7) is 3.32. The summed E-state index contributed by atoms with van der Waals surface area (Å²) in [6, 6.07) is 2.37. The summed E-state index contributed by atoms with van der Waals surface area (Å²) in [7, 11) is 0. The maximum Gasteiger partial charge on any atom is 0.166 e. The molecule has 0 aromatic heterocycles. The fourth-order valence-electron chi connectivity index (χ4n) is 1.26. The highest BCUT2D eigenvalue weighted by Gasteiger charge is 2.14. The van der Waals surface area contributed by atoms with Crippen LogP contribution in [-0.2, 0) is 0 Å². The number of rotatable bonds is 3. The molecule has 1 aromatic carbocycles. The van der Waals surface area contributed by atoms with Crippen molar-refractivity contribution in [1.82, 2.24) is 0 Å². The van der Waals surface area contributed by atoms with E-state index >= 15 is 0 Å². The van der Waals surface area contributed by atoms with Crippen LogP contribution in [0.1, 0.15) is 29.3 Å². The molecule has 1 aromatic rings. The second-order valence-electron chi connectivity index (χ2n) is 3.69. The second kappa shape index (κ2) is 4.73. The number of carbonyl (C=O) groups excluding carboxylic acids is 1. The van der Waals surface area contributed by atoms with Crippen molar-refractivity contribution < 1.29 is 9.18 Å². The lowest BCUT2D eigenvalue weighted by molar-refractivity contribution is 0.0976. The van der Waals surface area contributed by atoms with Crippen LogP contribution >= 0.6 is 11.6 Å². The van der Waals surface area contributed by atoms with Gasteiger partial charge in [-0.05, 0) is 31.5 Å². The van der Waals surface area contributed by atoms with Crippen LogP contribution in [0, 0.1) is 12.7 Å². The molecule has 0 spiro atoms. The molecule has 0 radical (unpaired) electrons. The normalized spacial score (nSPS) is 12.6. The highest BCUT2D eigenvalue weighted by Crippen LogP contribution is 2.21. The Hall–Kier alpha value is -0.930. The first kappa shape index (κ1) is 12.1. The molecular formula is C11H13ClFNO. The maximum atomic E-state index is 13.2. The molecule has 2 N–H and O–H groups in total. The predicted molar refractivity (Wildman–Crippen MR) is 58.7 cm³/mol. The Kier molecular flexibility index (Phi) is 3.83. The topological polar surface area (TPSA) is 43.1 Å². The molecule has 0 heterocycles. The van der Waals surface area contributed by atoms with E-state index in [-0.39, 0.29) is 28.8 Å². The number of hydrogen-bond donors (Lipinski definition) is 1. The number of ketones is 1. The lowest BCUT2D eigenvalue weighted by atomic mass is 10.0. The molecule has 15 heavy (non-hydrogen) atoms. The van der Waals surface area contributed by atoms with Crippen molar-refractivity contribution in [3.05, 3.63) is 34.1 Å². The molecule has 0 bridgehead atoms. The first-order chi connectivity index (χ1) is 6.91. The molecule has 1 unspecified atom stereocenters. The van der Waals surface area contributed by atoms with Crippen molar-refractivity contribution in [2.45, 2.75) is 26.3 Å². The van der Waals surface area contributed by atoms with Gasteiger partial charge in [0.25, 0.3) is 0 Å². The van der Waals surface area contributed by atoms with Crippen LogP contribution in [0.5, 0.6) is 0 Å². The van der Waals surface area contributed by atoms with E-state index in [0.717, 1.165) is 0 Å². The van der Waals surface area contributed by atoms with Gasteiger partial charge in [0.2, 0.25) is 0 Å². The quantitative estimate of drug-likeness (QED) is 0.810. The lowest BCUT2D eigenvalue weighted by Gasteiger charge is -2.07. The van der Waals surface area contributed by atoms with Gasteiger partial charge in [-0.3, -0.25) is 4.79 Å². The average Bonchev–Trinajstić information content (AvgIpc) is 2.09. The largest absolute Gasteiger partial charge is 0.328 e. The van der Waals surface area contributed by atoms with Gasteiger partial charge in [0.15, 0.2) is 5.78 Å². The van der Waals surface area contributed by atoms with Gasteiger partial charge in [0, 0.05) is 18.0 Å². The molecule has 1 atom stereocenters. The molecule has 0 aliphatic carbocycles. The van der Waals surface area contributed by atoms with E-state index < -0.39 is 5.82 Å². The molecule has 0 saturated carbocycles. The van der Waals surface area contributed by atoms with E-state index in [1.54, 1.807) is 13.8 Å². The van der Waals surface area contributed by atoms with Crippen LogP contribution in [0.3, 0.4) is 0 Å². The SMILES string of the molecule is Cc1cc(Cl)c(C(=O)CC(C)N)cc1F. The first-order valence-corrected chi connectivity index (χ1v) is 5.04. The Morgan fingerprint density at radius 2 is 2.20 bits per heavy atom. The minimum atomic E-state index is -0.424. The van der Waals surface area contributed by atoms with E-state index in [2.05, 4.69) is 0 Å². The maximum absolute atomic E-state index is 13.2. The molecule has 0 saturated heterocycles. The van der Waals surface area contributed by atoms with Gasteiger partial charge in [-0.1, -0.05) is 11.6 Å². The second-order valence-corrected chi connectivity index (χ2v) is 4.09. The molecule has 82 valence electrons. The highest BCUT2D eigenvalue weighted by atomic mass is 35.5. The van der Waals surface area contributed by atoms with E-state index in [1.807, 2.05) is 0 Å². The molecule has 2 nitrogen and oxygen atoms in total. The van der Waals surface area contributed by atoms with Crippen molar-refractivity contribution in [1.29, 1.82) is 0 Å². The Morgan fingerprint density at radius 1 is 1.60 bits per heavy atom. The molecule has 0 aliphatic rings. The van der Waals surface area contributed by atoms with Gasteiger partial charge in [-0.2, -0.15) is 0 Å². The highest BCUT2D eigenvalue weighted by molar-refractivity contribution is 6.34. The van der Waals surface area contributed by atoms with Crippen molar-refractivity contribution >= 4 is 17.4 Å². The number of carbonyl (C=O) groups is 1. The van der Waals surface area contributed by atoms with Crippen LogP contribution in [0.15, 0.2) is 12.1 Å². The number of benzene rings is 1. The summed E-state index contributed by atoms with van der Waals surface area (Å²) in [5, 5.41) is 0.277. The fraction of sp³-hybridized carbons (Fsp3) is 0.364. The van der Waals surface area contributed by atoms with Crippen LogP contribution in [0.4, 0.5) is 4.39 Å². The van der Waals surface area contributed by atoms with E-state index in [1.165, 1.54) is 12.1 Å². The third kappa shape index (κ3) is 3.01. The number of nitrogens with two attached hydrogens (primary N) is 1. The third-order valence-corrected chi connectivity index (χ3v) is 2.37. The third-order valence-electron chi connectivity index (χ3n) is 2.06. The Bertz CT molecular complexity index is 390. The first-order valence-electron chi connectivity index (χ1n) is 4.66. The summed E-state index contributed by atoms with van der Waals surface area (Å²) < 4.78 is 13.2. The average molecular weight is 230 g/mol. The fourth-order valence-corrected chi connectivity index (χ4v) is 1.59. The zero-order valence-corrected chi connectivity index (χ0v) is 9.44. The van der Waals surface area contributed by atoms with Crippen LogP contribution in [0.2, 0.25) is 5.02 Å². The molecule has 1 rings (SSSR count). The number of halogens is 2. The summed E-state index contributed by atoms with van der Waals surface area (Å²) >= 11 is 5.85. The van der Waals surface area contributed by atoms with Crippen molar-refractivity contribution in [3.63, 3.8) is 0 Å². The Morgan fingerprint density at radius 3 is 2.73 bits per heavy atom. The monoisotopic (exact) mass is 229 g/mol. The summed E-state index contributed by atoms with van der Waals surface area (Å²) in [4.78, 5) is 11.6. The Labute approximate surface area is 93.2 Å². The van der Waals surface area contributed by atoms with Gasteiger partial charge in [-0.15, -0.1) is 0 Å². The predicted octanol–water partition coefficient (Wildman–Crippen LogP) is 2.71. The number of hydrogen-bond acceptors (Lipinski definition) is 2. The van der Waals surface area contributed by atoms with Crippen LogP contribution in [-0.4, -0.2) is 11.8 Å². The van der Waals surface area contributed by atoms with Crippen molar-refractivity contribution in [2.75, 3.05) is 0 Å². The van der Waals surface area contributed by atoms with Gasteiger partial charge in [-0.25, -0.2) is 4.39 Å². The van der Waals surface area contributed by atoms with Crippen molar-refractivity contribution in [2.24, 2.45) is 5.73 Å². The molecular weight excluding hydrogens is 217 g/mol. The summed E-state index contributed by atoms with van der Waals surface area (Å²) in [5.74, 6) is -0.652. The van der Waals surface area contributed by atoms with Gasteiger partial charge < -0.3 is 5.73 Å². The smallest absolute Gasteiger partial charge is 0.166 e. The van der Waals surface area contributed by atoms with E-state index in [9.17, 15) is 9.18 Å². The molecule has 0 aliphatic heterocycles. The molecule has 0 amide bonds. The number of Topliss-reactive ketones (excluding diaryl/α,β-unsaturated/α-hetero) is 1. The Balaban J connectivity index is 3.04. The van der Waals surface area contributed by atoms with Crippen LogP contribution in [0.25, 0.3) is 0 Å². The standard InChI is InChI=1S/C11H13ClFNO/c1-6-3-9(12)8(5-10(6)13)11(15)4-7(2)14/h3,5,7H,4,14H2,1-2H3. The van der Waals surface area contributed by atoms with Crippen molar-refractivity contribution in [3.8, 4) is 0 Å². The van der Waals surface area contributed by atoms with E-state index in [0.29, 0.717) is 5.56 Å². The zero-order valence-electron chi connectivity index (χ0n) is 8.68. The number of aryl methyl sites for hydroxylation is 1. The van der Waals surface area contributed by atoms with Gasteiger partial charge in [0.05, 0.1) is 5.02 Å².